The van der Waals surface area contributed by atoms with Gasteiger partial charge in [-0.15, -0.1) is 0 Å². The fourth-order valence-corrected chi connectivity index (χ4v) is 1.26. The zero-order valence-electron chi connectivity index (χ0n) is 8.12. The van der Waals surface area contributed by atoms with Crippen LogP contribution >= 0.6 is 15.9 Å². The van der Waals surface area contributed by atoms with Gasteiger partial charge in [-0.25, -0.2) is 4.39 Å². The molecule has 0 spiro atoms. The maximum Gasteiger partial charge on any atom is 0.416 e. The molecule has 0 heterocycles. The smallest absolute Gasteiger partial charge is 0.207 e. The van der Waals surface area contributed by atoms with Gasteiger partial charge in [-0.2, -0.15) is 13.2 Å². The minimum absolute atomic E-state index is 0.636. The van der Waals surface area contributed by atoms with Crippen LogP contribution in [0.15, 0.2) is 18.2 Å². The molecule has 0 fully saturated rings. The average Bonchev–Trinajstić information content (AvgIpc) is 1.99. The quantitative estimate of drug-likeness (QED) is 0.532. The molecule has 13 heavy (non-hydrogen) atoms. The molecule has 0 radical (unpaired) electrons. The first-order valence-electron chi connectivity index (χ1n) is 4.19. The second kappa shape index (κ2) is 3.65. The molecule has 0 unspecified atom stereocenters. The molecule has 0 bridgehead atoms. The molecule has 0 aliphatic carbocycles. The van der Waals surface area contributed by atoms with Crippen molar-refractivity contribution in [1.29, 1.82) is 0 Å². The van der Waals surface area contributed by atoms with Crippen molar-refractivity contribution in [2.45, 2.75) is 11.5 Å². The minimum Gasteiger partial charge on any atom is -0.207 e. The summed E-state index contributed by atoms with van der Waals surface area (Å²) in [7, 11) is 0. The number of rotatable bonds is 1. The highest BCUT2D eigenvalue weighted by Gasteiger charge is 2.33. The molecule has 0 saturated heterocycles. The predicted molar refractivity (Wildman–Crippen MR) is 44.0 cm³/mol. The van der Waals surface area contributed by atoms with Gasteiger partial charge in [0.1, 0.15) is 5.82 Å². The van der Waals surface area contributed by atoms with Crippen LogP contribution in [0.25, 0.3) is 0 Å². The standard InChI is InChI=1S/C8H5BrF4/c9-4-5-6(8(11,12)13)2-1-3-7(5)10/h1-3H,4H2/i4D2. The third kappa shape index (κ3) is 2.21. The van der Waals surface area contributed by atoms with Gasteiger partial charge in [0, 0.05) is 13.6 Å². The molecule has 1 aromatic rings. The van der Waals surface area contributed by atoms with Crippen molar-refractivity contribution < 1.29 is 20.3 Å². The molecule has 0 aliphatic heterocycles. The van der Waals surface area contributed by atoms with Crippen molar-refractivity contribution in [3.05, 3.63) is 35.1 Å². The first-order chi connectivity index (χ1) is 6.64. The normalized spacial score (nSPS) is 15.2. The molecule has 0 aliphatic rings. The number of hydrogen-bond donors (Lipinski definition) is 0. The molecular formula is C8H5BrF4. The van der Waals surface area contributed by atoms with Gasteiger partial charge in [-0.1, -0.05) is 22.0 Å². The monoisotopic (exact) mass is 258 g/mol. The summed E-state index contributed by atoms with van der Waals surface area (Å²) in [6.07, 6.45) is -4.78. The van der Waals surface area contributed by atoms with Gasteiger partial charge in [0.2, 0.25) is 0 Å². The summed E-state index contributed by atoms with van der Waals surface area (Å²) >= 11 is 2.37. The van der Waals surface area contributed by atoms with Crippen molar-refractivity contribution in [2.24, 2.45) is 0 Å². The van der Waals surface area contributed by atoms with E-state index in [1.54, 1.807) is 0 Å². The van der Waals surface area contributed by atoms with E-state index in [-0.39, 0.29) is 0 Å². The molecule has 5 heteroatoms. The third-order valence-electron chi connectivity index (χ3n) is 1.41. The van der Waals surface area contributed by atoms with Crippen LogP contribution in [0, 0.1) is 5.82 Å². The first-order valence-corrected chi connectivity index (χ1v) is 3.98. The van der Waals surface area contributed by atoms with Gasteiger partial charge in [-0.3, -0.25) is 0 Å². The largest absolute Gasteiger partial charge is 0.416 e. The van der Waals surface area contributed by atoms with E-state index in [1.807, 2.05) is 0 Å². The second-order valence-corrected chi connectivity index (χ2v) is 2.65. The zero-order valence-corrected chi connectivity index (χ0v) is 7.71. The fourth-order valence-electron chi connectivity index (χ4n) is 0.856. The summed E-state index contributed by atoms with van der Waals surface area (Å²) < 4.78 is 64.5. The lowest BCUT2D eigenvalue weighted by Crippen LogP contribution is -2.09. The number of benzene rings is 1. The van der Waals surface area contributed by atoms with E-state index in [1.165, 1.54) is 0 Å². The maximum atomic E-state index is 13.1. The van der Waals surface area contributed by atoms with Crippen molar-refractivity contribution in [3.8, 4) is 0 Å². The van der Waals surface area contributed by atoms with Crippen molar-refractivity contribution in [2.75, 3.05) is 0 Å². The van der Waals surface area contributed by atoms with Crippen LogP contribution in [0.2, 0.25) is 0 Å². The molecule has 0 atom stereocenters. The van der Waals surface area contributed by atoms with Gasteiger partial charge in [0.25, 0.3) is 0 Å². The van der Waals surface area contributed by atoms with E-state index in [0.29, 0.717) is 6.07 Å². The second-order valence-electron chi connectivity index (χ2n) is 2.25. The van der Waals surface area contributed by atoms with Crippen LogP contribution in [0.3, 0.4) is 0 Å². The van der Waals surface area contributed by atoms with Crippen molar-refractivity contribution >= 4 is 15.9 Å². The van der Waals surface area contributed by atoms with Crippen LogP contribution in [-0.4, -0.2) is 0 Å². The Hall–Kier alpha value is -0.580. The topological polar surface area (TPSA) is 0 Å². The molecule has 72 valence electrons. The van der Waals surface area contributed by atoms with E-state index in [0.717, 1.165) is 12.1 Å². The lowest BCUT2D eigenvalue weighted by Gasteiger charge is -2.11. The van der Waals surface area contributed by atoms with Gasteiger partial charge in [0.15, 0.2) is 0 Å². The highest BCUT2D eigenvalue weighted by Crippen LogP contribution is 2.33. The lowest BCUT2D eigenvalue weighted by molar-refractivity contribution is -0.138. The summed E-state index contributed by atoms with van der Waals surface area (Å²) in [4.78, 5) is 0. The van der Waals surface area contributed by atoms with E-state index < -0.39 is 28.4 Å². The van der Waals surface area contributed by atoms with E-state index in [4.69, 9.17) is 2.74 Å². The van der Waals surface area contributed by atoms with Crippen LogP contribution in [0.5, 0.6) is 0 Å². The van der Waals surface area contributed by atoms with Crippen LogP contribution in [-0.2, 0) is 11.5 Å². The molecule has 0 amide bonds. The van der Waals surface area contributed by atoms with Gasteiger partial charge >= 0.3 is 6.18 Å². The maximum absolute atomic E-state index is 13.1. The van der Waals surface area contributed by atoms with Gasteiger partial charge in [0.05, 0.1) is 5.56 Å². The van der Waals surface area contributed by atoms with Gasteiger partial charge < -0.3 is 0 Å². The Bertz CT molecular complexity index is 370. The number of hydrogen-bond acceptors (Lipinski definition) is 0. The minimum atomic E-state index is -4.78. The Morgan fingerprint density at radius 1 is 1.38 bits per heavy atom. The summed E-state index contributed by atoms with van der Waals surface area (Å²) in [5, 5.41) is -2.55. The molecule has 0 nitrogen and oxygen atoms in total. The Kier molecular flexibility index (Phi) is 2.19. The van der Waals surface area contributed by atoms with Gasteiger partial charge in [-0.05, 0) is 12.1 Å². The lowest BCUT2D eigenvalue weighted by atomic mass is 10.1. The summed E-state index contributed by atoms with van der Waals surface area (Å²) in [6.45, 7) is 0. The number of alkyl halides is 4. The molecule has 0 N–H and O–H groups in total. The fraction of sp³-hybridized carbons (Fsp3) is 0.250. The third-order valence-corrected chi connectivity index (χ3v) is 1.81. The molecule has 0 saturated carbocycles. The summed E-state index contributed by atoms with van der Waals surface area (Å²) in [6, 6.07) is 2.31. The Morgan fingerprint density at radius 2 is 2.00 bits per heavy atom. The van der Waals surface area contributed by atoms with E-state index in [2.05, 4.69) is 15.9 Å². The van der Waals surface area contributed by atoms with Crippen molar-refractivity contribution in [3.63, 3.8) is 0 Å². The number of halogens is 5. The van der Waals surface area contributed by atoms with Crippen LogP contribution < -0.4 is 0 Å². The molecule has 0 aromatic heterocycles. The molecular weight excluding hydrogens is 252 g/mol. The summed E-state index contributed by atoms with van der Waals surface area (Å²) in [5.74, 6) is -1.23. The molecule has 1 rings (SSSR count). The highest BCUT2D eigenvalue weighted by atomic mass is 79.9. The van der Waals surface area contributed by atoms with Crippen LogP contribution in [0.4, 0.5) is 17.6 Å². The molecule has 1 aromatic carbocycles. The van der Waals surface area contributed by atoms with Crippen LogP contribution in [0.1, 0.15) is 13.9 Å². The van der Waals surface area contributed by atoms with Crippen molar-refractivity contribution in [1.82, 2.24) is 0 Å². The predicted octanol–water partition coefficient (Wildman–Crippen LogP) is 3.74. The Morgan fingerprint density at radius 3 is 2.38 bits per heavy atom. The summed E-state index contributed by atoms with van der Waals surface area (Å²) in [5.41, 5.74) is -2.35. The first kappa shape index (κ1) is 7.79. The Balaban J connectivity index is 3.48. The average molecular weight is 259 g/mol. The van der Waals surface area contributed by atoms with E-state index in [9.17, 15) is 17.6 Å². The SMILES string of the molecule is [2H]C([2H])(Br)c1c(F)cccc1C(F)(F)F. The van der Waals surface area contributed by atoms with E-state index >= 15 is 0 Å². The zero-order chi connectivity index (χ0) is 11.9. The Labute approximate surface area is 83.5 Å². The highest BCUT2D eigenvalue weighted by molar-refractivity contribution is 9.08.